The lowest BCUT2D eigenvalue weighted by Crippen LogP contribution is -2.54. The lowest BCUT2D eigenvalue weighted by Gasteiger charge is -2.42. The van der Waals surface area contributed by atoms with Crippen LogP contribution < -0.4 is 0 Å². The van der Waals surface area contributed by atoms with Gasteiger partial charge in [0.25, 0.3) is 0 Å². The molecule has 0 unspecified atom stereocenters. The smallest absolute Gasteiger partial charge is 0.243 e. The summed E-state index contributed by atoms with van der Waals surface area (Å²) in [5.41, 5.74) is 0. The van der Waals surface area contributed by atoms with Gasteiger partial charge in [0.2, 0.25) is 10.0 Å². The Balaban J connectivity index is 1.91. The van der Waals surface area contributed by atoms with Gasteiger partial charge in [0.15, 0.2) is 0 Å². The predicted molar refractivity (Wildman–Crippen MR) is 77.3 cm³/mol. The van der Waals surface area contributed by atoms with Crippen LogP contribution in [-0.4, -0.2) is 38.0 Å². The minimum Gasteiger partial charge on any atom is -0.375 e. The highest BCUT2D eigenvalue weighted by Crippen LogP contribution is 2.32. The maximum absolute atomic E-state index is 12.8. The van der Waals surface area contributed by atoms with E-state index in [1.165, 1.54) is 0 Å². The second-order valence-electron chi connectivity index (χ2n) is 5.33. The van der Waals surface area contributed by atoms with E-state index in [1.54, 1.807) is 28.6 Å². The number of morpholine rings is 1. The summed E-state index contributed by atoms with van der Waals surface area (Å²) in [5.74, 6) is 0. The molecule has 4 nitrogen and oxygen atoms in total. The quantitative estimate of drug-likeness (QED) is 0.843. The third-order valence-electron chi connectivity index (χ3n) is 4.10. The Morgan fingerprint density at radius 3 is 2.60 bits per heavy atom. The van der Waals surface area contributed by atoms with Gasteiger partial charge in [0.1, 0.15) is 0 Å². The topological polar surface area (TPSA) is 46.6 Å². The first-order valence-corrected chi connectivity index (χ1v) is 8.80. The van der Waals surface area contributed by atoms with Crippen molar-refractivity contribution in [1.29, 1.82) is 0 Å². The summed E-state index contributed by atoms with van der Waals surface area (Å²) in [7, 11) is -3.45. The van der Waals surface area contributed by atoms with Crippen LogP contribution in [0.2, 0.25) is 5.02 Å². The van der Waals surface area contributed by atoms with Crippen LogP contribution in [0.15, 0.2) is 29.2 Å². The second kappa shape index (κ2) is 5.64. The summed E-state index contributed by atoms with van der Waals surface area (Å²) < 4.78 is 32.9. The zero-order valence-corrected chi connectivity index (χ0v) is 12.7. The number of halogens is 1. The summed E-state index contributed by atoms with van der Waals surface area (Å²) >= 11 is 5.83. The first-order valence-electron chi connectivity index (χ1n) is 6.98. The van der Waals surface area contributed by atoms with Crippen molar-refractivity contribution in [2.75, 3.05) is 13.2 Å². The van der Waals surface area contributed by atoms with Crippen molar-refractivity contribution in [2.24, 2.45) is 0 Å². The van der Waals surface area contributed by atoms with Crippen molar-refractivity contribution in [3.63, 3.8) is 0 Å². The minimum atomic E-state index is -3.45. The number of hydrogen-bond donors (Lipinski definition) is 0. The zero-order valence-electron chi connectivity index (χ0n) is 11.2. The summed E-state index contributed by atoms with van der Waals surface area (Å²) in [5, 5.41) is 0.543. The highest BCUT2D eigenvalue weighted by atomic mass is 35.5. The normalized spacial score (nSPS) is 28.1. The molecule has 1 saturated carbocycles. The zero-order chi connectivity index (χ0) is 14.2. The third kappa shape index (κ3) is 2.60. The van der Waals surface area contributed by atoms with E-state index in [0.717, 1.165) is 25.7 Å². The van der Waals surface area contributed by atoms with Crippen LogP contribution in [0.1, 0.15) is 25.7 Å². The second-order valence-corrected chi connectivity index (χ2v) is 7.66. The van der Waals surface area contributed by atoms with Crippen LogP contribution in [0.5, 0.6) is 0 Å². The minimum absolute atomic E-state index is 0.0156. The molecule has 1 aromatic rings. The van der Waals surface area contributed by atoms with Crippen LogP contribution >= 0.6 is 11.6 Å². The molecule has 2 aliphatic rings. The van der Waals surface area contributed by atoms with Crippen molar-refractivity contribution in [3.8, 4) is 0 Å². The molecule has 1 aliphatic heterocycles. The number of sulfonamides is 1. The van der Waals surface area contributed by atoms with E-state index in [2.05, 4.69) is 0 Å². The molecule has 6 heteroatoms. The molecule has 1 aromatic carbocycles. The van der Waals surface area contributed by atoms with Crippen molar-refractivity contribution in [2.45, 2.75) is 42.7 Å². The molecule has 1 saturated heterocycles. The largest absolute Gasteiger partial charge is 0.375 e. The average molecular weight is 316 g/mol. The number of rotatable bonds is 2. The fourth-order valence-electron chi connectivity index (χ4n) is 3.10. The first-order chi connectivity index (χ1) is 9.59. The summed E-state index contributed by atoms with van der Waals surface area (Å²) in [4.78, 5) is 0.313. The Morgan fingerprint density at radius 2 is 1.85 bits per heavy atom. The Hall–Kier alpha value is -0.620. The Kier molecular flexibility index (Phi) is 4.04. The van der Waals surface area contributed by atoms with E-state index in [0.29, 0.717) is 23.1 Å². The molecule has 3 rings (SSSR count). The Labute approximate surface area is 124 Å². The molecule has 0 radical (unpaired) electrons. The van der Waals surface area contributed by atoms with Gasteiger partial charge in [-0.15, -0.1) is 0 Å². The molecule has 0 amide bonds. The molecule has 110 valence electrons. The maximum Gasteiger partial charge on any atom is 0.243 e. The highest BCUT2D eigenvalue weighted by Gasteiger charge is 2.40. The molecular weight excluding hydrogens is 298 g/mol. The van der Waals surface area contributed by atoms with Gasteiger partial charge < -0.3 is 4.74 Å². The maximum atomic E-state index is 12.8. The van der Waals surface area contributed by atoms with Crippen LogP contribution in [0.25, 0.3) is 0 Å². The molecular formula is C14H18ClNO3S. The van der Waals surface area contributed by atoms with Crippen LogP contribution in [0.4, 0.5) is 0 Å². The molecule has 1 aliphatic carbocycles. The van der Waals surface area contributed by atoms with Crippen LogP contribution in [0, 0.1) is 0 Å². The van der Waals surface area contributed by atoms with Crippen molar-refractivity contribution in [3.05, 3.63) is 29.3 Å². The molecule has 2 fully saturated rings. The Bertz CT molecular complexity index is 571. The van der Waals surface area contributed by atoms with Gasteiger partial charge in [-0.05, 0) is 37.1 Å². The summed E-state index contributed by atoms with van der Waals surface area (Å²) in [6.07, 6.45) is 4.08. The fraction of sp³-hybridized carbons (Fsp3) is 0.571. The molecule has 20 heavy (non-hydrogen) atoms. The summed E-state index contributed by atoms with van der Waals surface area (Å²) in [6, 6.07) is 6.37. The van der Waals surface area contributed by atoms with Crippen LogP contribution in [0.3, 0.4) is 0 Å². The number of fused-ring (bicyclic) bond motifs is 1. The van der Waals surface area contributed by atoms with E-state index in [9.17, 15) is 8.42 Å². The number of nitrogens with zero attached hydrogens (tertiary/aromatic N) is 1. The number of ether oxygens (including phenoxy) is 1. The lowest BCUT2D eigenvalue weighted by atomic mass is 9.91. The summed E-state index contributed by atoms with van der Waals surface area (Å²) in [6.45, 7) is 0.917. The van der Waals surface area contributed by atoms with Gasteiger partial charge in [-0.1, -0.05) is 24.4 Å². The fourth-order valence-corrected chi connectivity index (χ4v) is 4.89. The molecule has 0 spiro atoms. The van der Waals surface area contributed by atoms with Gasteiger partial charge in [-0.25, -0.2) is 8.42 Å². The molecule has 0 N–H and O–H groups in total. The van der Waals surface area contributed by atoms with Gasteiger partial charge in [-0.3, -0.25) is 0 Å². The third-order valence-corrected chi connectivity index (χ3v) is 6.29. The van der Waals surface area contributed by atoms with E-state index in [1.807, 2.05) is 0 Å². The van der Waals surface area contributed by atoms with Crippen LogP contribution in [-0.2, 0) is 14.8 Å². The lowest BCUT2D eigenvalue weighted by molar-refractivity contribution is -0.0586. The van der Waals surface area contributed by atoms with E-state index in [-0.39, 0.29) is 12.1 Å². The van der Waals surface area contributed by atoms with Gasteiger partial charge >= 0.3 is 0 Å². The van der Waals surface area contributed by atoms with Crippen molar-refractivity contribution < 1.29 is 13.2 Å². The van der Waals surface area contributed by atoms with E-state index in [4.69, 9.17) is 16.3 Å². The van der Waals surface area contributed by atoms with Crippen molar-refractivity contribution in [1.82, 2.24) is 4.31 Å². The number of hydrogen-bond acceptors (Lipinski definition) is 3. The molecule has 1 heterocycles. The van der Waals surface area contributed by atoms with E-state index >= 15 is 0 Å². The SMILES string of the molecule is O=S(=O)(c1ccc(Cl)cc1)N1CCO[C@H]2CCCC[C@H]21. The molecule has 0 aromatic heterocycles. The average Bonchev–Trinajstić information content (AvgIpc) is 2.47. The monoisotopic (exact) mass is 315 g/mol. The number of benzene rings is 1. The van der Waals surface area contributed by atoms with E-state index < -0.39 is 10.0 Å². The van der Waals surface area contributed by atoms with Gasteiger partial charge in [0.05, 0.1) is 23.6 Å². The van der Waals surface area contributed by atoms with Crippen molar-refractivity contribution >= 4 is 21.6 Å². The predicted octanol–water partition coefficient (Wildman–Crippen LogP) is 2.67. The van der Waals surface area contributed by atoms with Gasteiger partial charge in [0, 0.05) is 11.6 Å². The standard InChI is InChI=1S/C14H18ClNO3S/c15-11-5-7-12(8-6-11)20(17,18)16-9-10-19-14-4-2-1-3-13(14)16/h5-8,13-14H,1-4,9-10H2/t13-,14+/m1/s1. The highest BCUT2D eigenvalue weighted by molar-refractivity contribution is 7.89. The Morgan fingerprint density at radius 1 is 1.15 bits per heavy atom. The molecule has 2 atom stereocenters. The molecule has 0 bridgehead atoms. The first kappa shape index (κ1) is 14.3. The van der Waals surface area contributed by atoms with Gasteiger partial charge in [-0.2, -0.15) is 4.31 Å².